The standard InChI is InChI=1S/C23H29ClN2O3/c1-17(2)18-7-9-19(10-8-18)21(26-11-13-28-14-12-26)15-25-23(27)16-29-22-6-4-3-5-20(22)24/h3-10,17,21H,11-16H2,1-2H3,(H,25,27)/t21-/m0/s1. The van der Waals surface area contributed by atoms with Gasteiger partial charge in [0, 0.05) is 19.6 Å². The molecule has 156 valence electrons. The normalized spacial score (nSPS) is 15.9. The molecule has 1 atom stereocenters. The van der Waals surface area contributed by atoms with Crippen LogP contribution in [0.3, 0.4) is 0 Å². The van der Waals surface area contributed by atoms with Gasteiger partial charge in [-0.25, -0.2) is 0 Å². The van der Waals surface area contributed by atoms with Crippen molar-refractivity contribution in [3.05, 3.63) is 64.7 Å². The molecule has 0 spiro atoms. The summed E-state index contributed by atoms with van der Waals surface area (Å²) in [6, 6.07) is 15.9. The molecule has 2 aromatic rings. The summed E-state index contributed by atoms with van der Waals surface area (Å²) in [4.78, 5) is 14.7. The number of nitrogens with one attached hydrogen (secondary N) is 1. The zero-order chi connectivity index (χ0) is 20.6. The van der Waals surface area contributed by atoms with Crippen molar-refractivity contribution in [1.29, 1.82) is 0 Å². The van der Waals surface area contributed by atoms with Crippen molar-refractivity contribution >= 4 is 17.5 Å². The van der Waals surface area contributed by atoms with Crippen molar-refractivity contribution in [2.75, 3.05) is 39.5 Å². The zero-order valence-electron chi connectivity index (χ0n) is 17.1. The fourth-order valence-electron chi connectivity index (χ4n) is 3.42. The molecule has 0 unspecified atom stereocenters. The number of rotatable bonds is 8. The Morgan fingerprint density at radius 2 is 1.76 bits per heavy atom. The number of ether oxygens (including phenoxy) is 2. The first-order chi connectivity index (χ1) is 14.0. The molecule has 0 bridgehead atoms. The van der Waals surface area contributed by atoms with Crippen molar-refractivity contribution in [2.45, 2.75) is 25.8 Å². The maximum Gasteiger partial charge on any atom is 0.258 e. The number of hydrogen-bond donors (Lipinski definition) is 1. The number of hydrogen-bond acceptors (Lipinski definition) is 4. The second-order valence-corrected chi connectivity index (χ2v) is 7.92. The van der Waals surface area contributed by atoms with Crippen LogP contribution in [0.2, 0.25) is 5.02 Å². The quantitative estimate of drug-likeness (QED) is 0.705. The summed E-state index contributed by atoms with van der Waals surface area (Å²) in [6.45, 7) is 7.96. The predicted molar refractivity (Wildman–Crippen MR) is 116 cm³/mol. The monoisotopic (exact) mass is 416 g/mol. The minimum Gasteiger partial charge on any atom is -0.482 e. The molecule has 1 aliphatic rings. The molecule has 0 radical (unpaired) electrons. The smallest absolute Gasteiger partial charge is 0.258 e. The highest BCUT2D eigenvalue weighted by atomic mass is 35.5. The minimum absolute atomic E-state index is 0.0636. The molecule has 1 amide bonds. The Kier molecular flexibility index (Phi) is 7.92. The topological polar surface area (TPSA) is 50.8 Å². The first-order valence-corrected chi connectivity index (χ1v) is 10.5. The minimum atomic E-state index is -0.165. The molecule has 1 fully saturated rings. The average molecular weight is 417 g/mol. The number of benzene rings is 2. The largest absolute Gasteiger partial charge is 0.482 e. The Hall–Kier alpha value is -2.08. The van der Waals surface area contributed by atoms with E-state index in [4.69, 9.17) is 21.1 Å². The van der Waals surface area contributed by atoms with E-state index in [1.165, 1.54) is 11.1 Å². The molecular weight excluding hydrogens is 388 g/mol. The Balaban J connectivity index is 1.62. The molecule has 5 nitrogen and oxygen atoms in total. The zero-order valence-corrected chi connectivity index (χ0v) is 17.8. The van der Waals surface area contributed by atoms with E-state index < -0.39 is 0 Å². The molecule has 1 N–H and O–H groups in total. The van der Waals surface area contributed by atoms with Crippen molar-refractivity contribution < 1.29 is 14.3 Å². The van der Waals surface area contributed by atoms with Gasteiger partial charge in [-0.15, -0.1) is 0 Å². The number of amides is 1. The van der Waals surface area contributed by atoms with Gasteiger partial charge in [0.2, 0.25) is 0 Å². The summed E-state index contributed by atoms with van der Waals surface area (Å²) < 4.78 is 11.0. The average Bonchev–Trinajstić information content (AvgIpc) is 2.74. The van der Waals surface area contributed by atoms with Gasteiger partial charge < -0.3 is 14.8 Å². The molecule has 0 saturated carbocycles. The Bertz CT molecular complexity index is 789. The summed E-state index contributed by atoms with van der Waals surface area (Å²) in [5.74, 6) is 0.841. The molecule has 29 heavy (non-hydrogen) atoms. The summed E-state index contributed by atoms with van der Waals surface area (Å²) >= 11 is 6.08. The number of carbonyl (C=O) groups is 1. The lowest BCUT2D eigenvalue weighted by Gasteiger charge is -2.35. The molecular formula is C23H29ClN2O3. The van der Waals surface area contributed by atoms with Gasteiger partial charge in [-0.3, -0.25) is 9.69 Å². The van der Waals surface area contributed by atoms with Gasteiger partial charge in [-0.1, -0.05) is 61.8 Å². The van der Waals surface area contributed by atoms with Gasteiger partial charge in [0.15, 0.2) is 6.61 Å². The lowest BCUT2D eigenvalue weighted by atomic mass is 9.98. The van der Waals surface area contributed by atoms with Crippen LogP contribution in [0, 0.1) is 0 Å². The fourth-order valence-corrected chi connectivity index (χ4v) is 3.61. The number of nitrogens with zero attached hydrogens (tertiary/aromatic N) is 1. The molecule has 1 saturated heterocycles. The molecule has 6 heteroatoms. The summed E-state index contributed by atoms with van der Waals surface area (Å²) in [6.07, 6.45) is 0. The summed E-state index contributed by atoms with van der Waals surface area (Å²) in [5, 5.41) is 3.51. The molecule has 0 aromatic heterocycles. The second-order valence-electron chi connectivity index (χ2n) is 7.51. The first kappa shape index (κ1) is 21.6. The van der Waals surface area contributed by atoms with E-state index in [0.717, 1.165) is 13.1 Å². The third-order valence-electron chi connectivity index (χ3n) is 5.16. The molecule has 1 heterocycles. The van der Waals surface area contributed by atoms with E-state index >= 15 is 0 Å². The van der Waals surface area contributed by atoms with E-state index in [9.17, 15) is 4.79 Å². The highest BCUT2D eigenvalue weighted by Gasteiger charge is 2.23. The van der Waals surface area contributed by atoms with Crippen LogP contribution in [0.15, 0.2) is 48.5 Å². The summed E-state index contributed by atoms with van der Waals surface area (Å²) in [5.41, 5.74) is 2.51. The van der Waals surface area contributed by atoms with Crippen molar-refractivity contribution in [1.82, 2.24) is 10.2 Å². The number of halogens is 1. The van der Waals surface area contributed by atoms with Crippen LogP contribution in [0.4, 0.5) is 0 Å². The van der Waals surface area contributed by atoms with Gasteiger partial charge in [0.05, 0.1) is 24.3 Å². The maximum absolute atomic E-state index is 12.4. The van der Waals surface area contributed by atoms with Crippen molar-refractivity contribution in [3.8, 4) is 5.75 Å². The SMILES string of the molecule is CC(C)c1ccc([C@H](CNC(=O)COc2ccccc2Cl)N2CCOCC2)cc1. The third kappa shape index (κ3) is 6.20. The second kappa shape index (κ2) is 10.6. The van der Waals surface area contributed by atoms with Crippen LogP contribution in [0.1, 0.15) is 36.9 Å². The van der Waals surface area contributed by atoms with E-state index in [1.54, 1.807) is 12.1 Å². The predicted octanol–water partition coefficient (Wildman–Crippen LogP) is 4.03. The van der Waals surface area contributed by atoms with Crippen LogP contribution in [-0.4, -0.2) is 50.3 Å². The van der Waals surface area contributed by atoms with Crippen LogP contribution >= 0.6 is 11.6 Å². The molecule has 3 rings (SSSR count). The van der Waals surface area contributed by atoms with Crippen LogP contribution < -0.4 is 10.1 Å². The number of morpholine rings is 1. The lowest BCUT2D eigenvalue weighted by Crippen LogP contribution is -2.44. The molecule has 1 aliphatic heterocycles. The van der Waals surface area contributed by atoms with E-state index in [0.29, 0.717) is 36.4 Å². The van der Waals surface area contributed by atoms with Crippen molar-refractivity contribution in [2.24, 2.45) is 0 Å². The molecule has 2 aromatic carbocycles. The van der Waals surface area contributed by atoms with E-state index in [1.807, 2.05) is 12.1 Å². The van der Waals surface area contributed by atoms with Gasteiger partial charge in [0.25, 0.3) is 5.91 Å². The Morgan fingerprint density at radius 1 is 1.10 bits per heavy atom. The van der Waals surface area contributed by atoms with E-state index in [-0.39, 0.29) is 18.6 Å². The van der Waals surface area contributed by atoms with Gasteiger partial charge in [-0.05, 0) is 29.2 Å². The van der Waals surface area contributed by atoms with Crippen LogP contribution in [0.5, 0.6) is 5.75 Å². The third-order valence-corrected chi connectivity index (χ3v) is 5.47. The maximum atomic E-state index is 12.4. The van der Waals surface area contributed by atoms with Gasteiger partial charge in [0.1, 0.15) is 5.75 Å². The lowest BCUT2D eigenvalue weighted by molar-refractivity contribution is -0.123. The number of para-hydroxylation sites is 1. The van der Waals surface area contributed by atoms with E-state index in [2.05, 4.69) is 48.3 Å². The van der Waals surface area contributed by atoms with Crippen LogP contribution in [0.25, 0.3) is 0 Å². The van der Waals surface area contributed by atoms with Gasteiger partial charge in [-0.2, -0.15) is 0 Å². The summed E-state index contributed by atoms with van der Waals surface area (Å²) in [7, 11) is 0. The van der Waals surface area contributed by atoms with Crippen molar-refractivity contribution in [3.63, 3.8) is 0 Å². The Labute approximate surface area is 177 Å². The highest BCUT2D eigenvalue weighted by Crippen LogP contribution is 2.25. The Morgan fingerprint density at radius 3 is 2.41 bits per heavy atom. The highest BCUT2D eigenvalue weighted by molar-refractivity contribution is 6.32. The first-order valence-electron chi connectivity index (χ1n) is 10.1. The number of carbonyl (C=O) groups excluding carboxylic acids is 1. The van der Waals surface area contributed by atoms with Gasteiger partial charge >= 0.3 is 0 Å². The van der Waals surface area contributed by atoms with Crippen LogP contribution in [-0.2, 0) is 9.53 Å². The molecule has 0 aliphatic carbocycles. The fraction of sp³-hybridized carbons (Fsp3) is 0.435.